The van der Waals surface area contributed by atoms with Crippen LogP contribution in [0.25, 0.3) is 0 Å². The molecule has 0 spiro atoms. The van der Waals surface area contributed by atoms with E-state index in [9.17, 15) is 0 Å². The number of ether oxygens (including phenoxy) is 1. The van der Waals surface area contributed by atoms with Crippen LogP contribution in [0.2, 0.25) is 0 Å². The SMILES string of the molecule is COc1cnn(C)c1C1CCC1N. The van der Waals surface area contributed by atoms with Crippen LogP contribution in [0.15, 0.2) is 6.20 Å². The third-order valence-electron chi connectivity index (χ3n) is 2.85. The van der Waals surface area contributed by atoms with Gasteiger partial charge in [0, 0.05) is 19.0 Å². The van der Waals surface area contributed by atoms with Crippen molar-refractivity contribution in [1.29, 1.82) is 0 Å². The quantitative estimate of drug-likeness (QED) is 0.728. The van der Waals surface area contributed by atoms with Gasteiger partial charge in [-0.25, -0.2) is 0 Å². The lowest BCUT2D eigenvalue weighted by Gasteiger charge is -2.33. The molecule has 2 atom stereocenters. The van der Waals surface area contributed by atoms with Gasteiger partial charge in [-0.3, -0.25) is 4.68 Å². The maximum atomic E-state index is 5.91. The average Bonchev–Trinajstić information content (AvgIpc) is 2.46. The summed E-state index contributed by atoms with van der Waals surface area (Å²) < 4.78 is 7.10. The molecule has 0 amide bonds. The lowest BCUT2D eigenvalue weighted by Crippen LogP contribution is -2.38. The van der Waals surface area contributed by atoms with Crippen LogP contribution in [0.3, 0.4) is 0 Å². The molecule has 1 saturated carbocycles. The van der Waals surface area contributed by atoms with Crippen LogP contribution >= 0.6 is 0 Å². The van der Waals surface area contributed by atoms with Gasteiger partial charge in [0.1, 0.15) is 0 Å². The zero-order valence-electron chi connectivity index (χ0n) is 8.03. The normalized spacial score (nSPS) is 27.0. The molecule has 1 aliphatic rings. The molecule has 1 heterocycles. The van der Waals surface area contributed by atoms with Crippen molar-refractivity contribution in [3.63, 3.8) is 0 Å². The number of nitrogens with zero attached hydrogens (tertiary/aromatic N) is 2. The molecule has 0 saturated heterocycles. The minimum atomic E-state index is 0.282. The second-order valence-corrected chi connectivity index (χ2v) is 3.57. The predicted molar refractivity (Wildman–Crippen MR) is 49.7 cm³/mol. The number of nitrogens with two attached hydrogens (primary N) is 1. The molecule has 4 nitrogen and oxygen atoms in total. The highest BCUT2D eigenvalue weighted by molar-refractivity contribution is 5.31. The monoisotopic (exact) mass is 181 g/mol. The number of methoxy groups -OCH3 is 1. The van der Waals surface area contributed by atoms with Crippen molar-refractivity contribution in [2.45, 2.75) is 24.8 Å². The summed E-state index contributed by atoms with van der Waals surface area (Å²) in [4.78, 5) is 0. The minimum Gasteiger partial charge on any atom is -0.493 e. The Balaban J connectivity index is 2.31. The smallest absolute Gasteiger partial charge is 0.160 e. The molecule has 1 aromatic rings. The van der Waals surface area contributed by atoms with E-state index in [1.807, 2.05) is 11.7 Å². The van der Waals surface area contributed by atoms with E-state index in [0.29, 0.717) is 5.92 Å². The van der Waals surface area contributed by atoms with Crippen molar-refractivity contribution in [2.75, 3.05) is 7.11 Å². The van der Waals surface area contributed by atoms with Crippen LogP contribution in [0.5, 0.6) is 5.75 Å². The summed E-state index contributed by atoms with van der Waals surface area (Å²) in [6.45, 7) is 0. The molecular formula is C9H15N3O. The Bertz CT molecular complexity index is 308. The van der Waals surface area contributed by atoms with Gasteiger partial charge in [0.2, 0.25) is 0 Å². The number of aromatic nitrogens is 2. The highest BCUT2D eigenvalue weighted by Gasteiger charge is 2.33. The molecule has 72 valence electrons. The molecule has 13 heavy (non-hydrogen) atoms. The third kappa shape index (κ3) is 1.21. The average molecular weight is 181 g/mol. The lowest BCUT2D eigenvalue weighted by molar-refractivity contribution is 0.315. The van der Waals surface area contributed by atoms with E-state index in [2.05, 4.69) is 5.10 Å². The van der Waals surface area contributed by atoms with E-state index >= 15 is 0 Å². The molecule has 2 N–H and O–H groups in total. The molecule has 0 bridgehead atoms. The fourth-order valence-corrected chi connectivity index (χ4v) is 1.87. The largest absolute Gasteiger partial charge is 0.493 e. The second-order valence-electron chi connectivity index (χ2n) is 3.57. The predicted octanol–water partition coefficient (Wildman–Crippen LogP) is 0.633. The summed E-state index contributed by atoms with van der Waals surface area (Å²) in [5, 5.41) is 4.16. The maximum absolute atomic E-state index is 5.91. The minimum absolute atomic E-state index is 0.282. The fourth-order valence-electron chi connectivity index (χ4n) is 1.87. The van der Waals surface area contributed by atoms with E-state index in [1.165, 1.54) is 0 Å². The zero-order valence-corrected chi connectivity index (χ0v) is 8.03. The van der Waals surface area contributed by atoms with Crippen LogP contribution in [0.1, 0.15) is 24.5 Å². The first-order valence-electron chi connectivity index (χ1n) is 4.55. The van der Waals surface area contributed by atoms with Crippen LogP contribution in [0, 0.1) is 0 Å². The summed E-state index contributed by atoms with van der Waals surface area (Å²) in [7, 11) is 3.60. The number of aryl methyl sites for hydroxylation is 1. The van der Waals surface area contributed by atoms with Gasteiger partial charge in [-0.05, 0) is 12.8 Å². The second kappa shape index (κ2) is 3.03. The molecule has 0 aliphatic heterocycles. The Hall–Kier alpha value is -1.03. The first-order chi connectivity index (χ1) is 6.24. The molecule has 2 rings (SSSR count). The molecule has 4 heteroatoms. The van der Waals surface area contributed by atoms with E-state index in [1.54, 1.807) is 13.3 Å². The van der Waals surface area contributed by atoms with Gasteiger partial charge in [-0.1, -0.05) is 0 Å². The van der Waals surface area contributed by atoms with Gasteiger partial charge in [-0.15, -0.1) is 0 Å². The van der Waals surface area contributed by atoms with Crippen LogP contribution < -0.4 is 10.5 Å². The van der Waals surface area contributed by atoms with E-state index < -0.39 is 0 Å². The van der Waals surface area contributed by atoms with Crippen molar-refractivity contribution < 1.29 is 4.74 Å². The van der Waals surface area contributed by atoms with Crippen molar-refractivity contribution in [2.24, 2.45) is 12.8 Å². The summed E-state index contributed by atoms with van der Waals surface area (Å²) >= 11 is 0. The van der Waals surface area contributed by atoms with Crippen molar-refractivity contribution in [1.82, 2.24) is 9.78 Å². The number of hydrogen-bond acceptors (Lipinski definition) is 3. The highest BCUT2D eigenvalue weighted by atomic mass is 16.5. The maximum Gasteiger partial charge on any atom is 0.160 e. The van der Waals surface area contributed by atoms with E-state index in [4.69, 9.17) is 10.5 Å². The number of hydrogen-bond donors (Lipinski definition) is 1. The summed E-state index contributed by atoms with van der Waals surface area (Å²) in [6, 6.07) is 0.282. The zero-order chi connectivity index (χ0) is 9.42. The number of rotatable bonds is 2. The molecule has 0 aromatic carbocycles. The Labute approximate surface area is 77.7 Å². The summed E-state index contributed by atoms with van der Waals surface area (Å²) in [5.41, 5.74) is 7.05. The standard InChI is InChI=1S/C9H15N3O/c1-12-9(6-3-4-7(6)10)8(13-2)5-11-12/h5-7H,3-4,10H2,1-2H3. The van der Waals surface area contributed by atoms with Crippen LogP contribution in [-0.2, 0) is 7.05 Å². The van der Waals surface area contributed by atoms with Gasteiger partial charge in [-0.2, -0.15) is 5.10 Å². The highest BCUT2D eigenvalue weighted by Crippen LogP contribution is 2.39. The molecular weight excluding hydrogens is 166 g/mol. The van der Waals surface area contributed by atoms with Gasteiger partial charge in [0.25, 0.3) is 0 Å². The van der Waals surface area contributed by atoms with Gasteiger partial charge < -0.3 is 10.5 Å². The van der Waals surface area contributed by atoms with Crippen LogP contribution in [-0.4, -0.2) is 22.9 Å². The summed E-state index contributed by atoms with van der Waals surface area (Å²) in [5.74, 6) is 1.30. The Morgan fingerprint density at radius 2 is 2.38 bits per heavy atom. The van der Waals surface area contributed by atoms with Gasteiger partial charge >= 0.3 is 0 Å². The Morgan fingerprint density at radius 3 is 2.85 bits per heavy atom. The molecule has 0 radical (unpaired) electrons. The summed E-state index contributed by atoms with van der Waals surface area (Å²) in [6.07, 6.45) is 4.01. The van der Waals surface area contributed by atoms with Gasteiger partial charge in [0.15, 0.2) is 5.75 Å². The Morgan fingerprint density at radius 1 is 1.62 bits per heavy atom. The van der Waals surface area contributed by atoms with Gasteiger partial charge in [0.05, 0.1) is 19.0 Å². The lowest BCUT2D eigenvalue weighted by atomic mass is 9.78. The van der Waals surface area contributed by atoms with E-state index in [-0.39, 0.29) is 6.04 Å². The van der Waals surface area contributed by atoms with Crippen molar-refractivity contribution in [3.05, 3.63) is 11.9 Å². The third-order valence-corrected chi connectivity index (χ3v) is 2.85. The van der Waals surface area contributed by atoms with Crippen molar-refractivity contribution in [3.8, 4) is 5.75 Å². The van der Waals surface area contributed by atoms with Crippen LogP contribution in [0.4, 0.5) is 0 Å². The topological polar surface area (TPSA) is 53.1 Å². The molecule has 2 unspecified atom stereocenters. The van der Waals surface area contributed by atoms with Crippen molar-refractivity contribution >= 4 is 0 Å². The Kier molecular flexibility index (Phi) is 2.00. The molecule has 1 fully saturated rings. The van der Waals surface area contributed by atoms with E-state index in [0.717, 1.165) is 24.3 Å². The molecule has 1 aromatic heterocycles. The first kappa shape index (κ1) is 8.56. The first-order valence-corrected chi connectivity index (χ1v) is 4.55. The fraction of sp³-hybridized carbons (Fsp3) is 0.667. The molecule has 1 aliphatic carbocycles.